The van der Waals surface area contributed by atoms with Crippen molar-refractivity contribution in [1.29, 1.82) is 0 Å². The zero-order valence-electron chi connectivity index (χ0n) is 29.0. The summed E-state index contributed by atoms with van der Waals surface area (Å²) < 4.78 is 5.43. The molecule has 0 amide bonds. The van der Waals surface area contributed by atoms with Gasteiger partial charge in [-0.3, -0.25) is 0 Å². The highest BCUT2D eigenvalue weighted by Crippen LogP contribution is 2.67. The molecule has 48 heavy (non-hydrogen) atoms. The van der Waals surface area contributed by atoms with Crippen molar-refractivity contribution in [2.45, 2.75) is 83.7 Å². The van der Waals surface area contributed by atoms with Crippen molar-refractivity contribution in [1.82, 2.24) is 10.1 Å². The summed E-state index contributed by atoms with van der Waals surface area (Å²) in [5.74, 6) is 5.64. The summed E-state index contributed by atoms with van der Waals surface area (Å²) in [5.41, 5.74) is 7.42. The minimum absolute atomic E-state index is 0. The van der Waals surface area contributed by atoms with Crippen LogP contribution in [0.4, 0.5) is 11.4 Å². The number of anilines is 2. The highest BCUT2D eigenvalue weighted by Gasteiger charge is 2.63. The molecule has 1 aliphatic heterocycles. The number of rotatable bonds is 4. The third-order valence-corrected chi connectivity index (χ3v) is 13.2. The second-order valence-electron chi connectivity index (χ2n) is 15.6. The molecule has 6 unspecified atom stereocenters. The number of aliphatic hydroxyl groups is 1. The number of benzene rings is 2. The number of aromatic nitrogens is 1. The molecule has 0 bridgehead atoms. The lowest BCUT2D eigenvalue weighted by molar-refractivity contribution is -0.0975. The zero-order valence-corrected chi connectivity index (χ0v) is 30.5. The van der Waals surface area contributed by atoms with E-state index in [1.165, 1.54) is 34.5 Å². The first-order chi connectivity index (χ1) is 22.6. The molecule has 3 saturated carbocycles. The lowest BCUT2D eigenvalue weighted by Gasteiger charge is -2.58. The maximum atomic E-state index is 11.1. The molecule has 3 aromatic rings. The lowest BCUT2D eigenvalue weighted by atomic mass is 9.46. The second kappa shape index (κ2) is 13.5. The first kappa shape index (κ1) is 35.1. The molecular formula is C41H51Cl2N3O2. The summed E-state index contributed by atoms with van der Waals surface area (Å²) in [6.45, 7) is 6.82. The lowest BCUT2D eigenvalue weighted by Crippen LogP contribution is -2.54. The van der Waals surface area contributed by atoms with Crippen molar-refractivity contribution in [3.8, 4) is 12.3 Å². The van der Waals surface area contributed by atoms with Crippen molar-refractivity contribution in [2.75, 3.05) is 32.1 Å². The van der Waals surface area contributed by atoms with E-state index in [9.17, 15) is 5.11 Å². The second-order valence-corrected chi connectivity index (χ2v) is 16.0. The number of aryl methyl sites for hydroxylation is 2. The van der Waals surface area contributed by atoms with Crippen LogP contribution in [0.25, 0.3) is 6.08 Å². The van der Waals surface area contributed by atoms with Crippen molar-refractivity contribution < 1.29 is 9.63 Å². The largest absolute Gasteiger partial charge is 0.377 e. The van der Waals surface area contributed by atoms with Crippen LogP contribution >= 0.6 is 24.0 Å². The summed E-state index contributed by atoms with van der Waals surface area (Å²) in [7, 11) is 4.25. The number of allylic oxidation sites excluding steroid dienone is 1. The molecule has 5 nitrogen and oxygen atoms in total. The molecule has 3 fully saturated rings. The number of terminal acetylenes is 1. The molecule has 2 aromatic carbocycles. The Bertz CT molecular complexity index is 1710. The van der Waals surface area contributed by atoms with Crippen molar-refractivity contribution in [2.24, 2.45) is 28.6 Å². The summed E-state index contributed by atoms with van der Waals surface area (Å²) in [6.07, 6.45) is 20.7. The van der Waals surface area contributed by atoms with Crippen LogP contribution in [-0.2, 0) is 19.3 Å². The number of nitrogens with zero attached hydrogens (tertiary/aromatic N) is 3. The third kappa shape index (κ3) is 5.91. The molecule has 1 aromatic heterocycles. The van der Waals surface area contributed by atoms with Gasteiger partial charge >= 0.3 is 0 Å². The highest BCUT2D eigenvalue weighted by atomic mass is 35.5. The van der Waals surface area contributed by atoms with E-state index in [-0.39, 0.29) is 23.2 Å². The van der Waals surface area contributed by atoms with Crippen LogP contribution in [0.15, 0.2) is 58.8 Å². The first-order valence-corrected chi connectivity index (χ1v) is 18.1. The van der Waals surface area contributed by atoms with Gasteiger partial charge in [-0.25, -0.2) is 0 Å². The van der Waals surface area contributed by atoms with E-state index in [2.05, 4.69) is 91.3 Å². The molecule has 5 aliphatic rings. The fraction of sp³-hybridized carbons (Fsp3) is 0.537. The van der Waals surface area contributed by atoms with Crippen LogP contribution in [-0.4, -0.2) is 47.9 Å². The molecule has 1 N–H and O–H groups in total. The van der Waals surface area contributed by atoms with Crippen LogP contribution in [0.2, 0.25) is 5.02 Å². The topological polar surface area (TPSA) is 52.7 Å². The third-order valence-electron chi connectivity index (χ3n) is 12.9. The predicted molar refractivity (Wildman–Crippen MR) is 199 cm³/mol. The minimum atomic E-state index is -0.909. The Balaban J connectivity index is 0.000000165. The molecule has 2 heterocycles. The van der Waals surface area contributed by atoms with Crippen molar-refractivity contribution >= 4 is 41.5 Å². The molecular weight excluding hydrogens is 637 g/mol. The molecule has 7 heteroatoms. The van der Waals surface area contributed by atoms with Gasteiger partial charge in [-0.1, -0.05) is 66.4 Å². The standard InChI is InChI=1S/C22H27NO2.C19H23ClN2.ClH/c1-4-22(24)10-8-18-16-6-5-15-11-19-14(13-23-25-19)12-20(15,2)17(16)7-9-21(18,22)3;1-21(2)12-5-13-22-18-7-4-3-6-15(18)8-9-16-10-11-17(20)14-19(16)22;/h1,11,13,16-18,24H,5-10,12H2,2-3H3;3-4,6-7,10-11,14H,5,8-9,12-13H2,1-2H3;1H. The molecule has 0 radical (unpaired) electrons. The van der Waals surface area contributed by atoms with E-state index < -0.39 is 5.60 Å². The maximum absolute atomic E-state index is 11.1. The monoisotopic (exact) mass is 687 g/mol. The molecule has 8 rings (SSSR count). The van der Waals surface area contributed by atoms with E-state index >= 15 is 0 Å². The molecule has 0 spiro atoms. The van der Waals surface area contributed by atoms with Crippen LogP contribution in [0.5, 0.6) is 0 Å². The van der Waals surface area contributed by atoms with Gasteiger partial charge in [-0.15, -0.1) is 18.8 Å². The Kier molecular flexibility index (Phi) is 9.88. The number of hydrogen-bond donors (Lipinski definition) is 1. The van der Waals surface area contributed by atoms with Crippen LogP contribution < -0.4 is 4.90 Å². The number of para-hydroxylation sites is 1. The smallest absolute Gasteiger partial charge is 0.162 e. The molecule has 0 saturated heterocycles. The predicted octanol–water partition coefficient (Wildman–Crippen LogP) is 9.17. The van der Waals surface area contributed by atoms with Crippen LogP contribution in [0.1, 0.15) is 81.2 Å². The fourth-order valence-corrected chi connectivity index (χ4v) is 10.5. The van der Waals surface area contributed by atoms with Gasteiger partial charge in [0, 0.05) is 33.9 Å². The summed E-state index contributed by atoms with van der Waals surface area (Å²) in [6, 6.07) is 15.1. The van der Waals surface area contributed by atoms with Gasteiger partial charge in [-0.05, 0) is 143 Å². The number of hydrogen-bond acceptors (Lipinski definition) is 5. The maximum Gasteiger partial charge on any atom is 0.162 e. The van der Waals surface area contributed by atoms with E-state index in [1.807, 2.05) is 12.3 Å². The van der Waals surface area contributed by atoms with Crippen LogP contribution in [0, 0.1) is 40.9 Å². The molecule has 256 valence electrons. The molecule has 6 atom stereocenters. The molecule has 4 aliphatic carbocycles. The fourth-order valence-electron chi connectivity index (χ4n) is 10.3. The first-order valence-electron chi connectivity index (χ1n) is 17.7. The van der Waals surface area contributed by atoms with Gasteiger partial charge in [-0.2, -0.15) is 0 Å². The Morgan fingerprint density at radius 3 is 2.52 bits per heavy atom. The Morgan fingerprint density at radius 1 is 1.00 bits per heavy atom. The summed E-state index contributed by atoms with van der Waals surface area (Å²) in [4.78, 5) is 4.69. The van der Waals surface area contributed by atoms with Crippen molar-refractivity contribution in [3.05, 3.63) is 81.7 Å². The van der Waals surface area contributed by atoms with E-state index in [1.54, 1.807) is 5.57 Å². The van der Waals surface area contributed by atoms with Gasteiger partial charge in [0.15, 0.2) is 5.76 Å². The normalized spacial score (nSPS) is 31.2. The number of fused-ring (bicyclic) bond motifs is 8. The minimum Gasteiger partial charge on any atom is -0.377 e. The average Bonchev–Trinajstić information content (AvgIpc) is 3.57. The van der Waals surface area contributed by atoms with Gasteiger partial charge in [0.05, 0.1) is 6.20 Å². The van der Waals surface area contributed by atoms with Crippen molar-refractivity contribution in [3.63, 3.8) is 0 Å². The summed E-state index contributed by atoms with van der Waals surface area (Å²) >= 11 is 6.27. The Labute approximate surface area is 298 Å². The van der Waals surface area contributed by atoms with E-state index in [4.69, 9.17) is 22.5 Å². The van der Waals surface area contributed by atoms with Gasteiger partial charge in [0.25, 0.3) is 0 Å². The Hall–Kier alpha value is -2.75. The van der Waals surface area contributed by atoms with E-state index in [0.29, 0.717) is 17.8 Å². The quantitative estimate of drug-likeness (QED) is 0.277. The summed E-state index contributed by atoms with van der Waals surface area (Å²) in [5, 5.41) is 15.9. The average molecular weight is 689 g/mol. The van der Waals surface area contributed by atoms with E-state index in [0.717, 1.165) is 81.7 Å². The van der Waals surface area contributed by atoms with Crippen LogP contribution in [0.3, 0.4) is 0 Å². The number of halogens is 2. The SMILES string of the molecule is C#CC1(O)CCC2C3CCC4=Cc5oncc5CC4(C)C3CCC21C.CN(C)CCCN1c2ccccc2CCc2ccc(Cl)cc21.Cl. The zero-order chi connectivity index (χ0) is 33.0. The van der Waals surface area contributed by atoms with Gasteiger partial charge < -0.3 is 19.4 Å². The van der Waals surface area contributed by atoms with Gasteiger partial charge in [0.2, 0.25) is 0 Å². The highest BCUT2D eigenvalue weighted by molar-refractivity contribution is 6.30. The Morgan fingerprint density at radius 2 is 1.75 bits per heavy atom. The van der Waals surface area contributed by atoms with Gasteiger partial charge in [0.1, 0.15) is 5.60 Å².